The SMILES string of the molecule is O=C(O)C1(C(P)(c2ccccc2)c2ccccc2)CC(P(c2ccccc2)c2ccccc2)CN1. The minimum absolute atomic E-state index is 0.165. The fourth-order valence-electron chi connectivity index (χ4n) is 5.41. The molecule has 0 aromatic heterocycles. The Bertz CT molecular complexity index is 1190. The van der Waals surface area contributed by atoms with Crippen molar-refractivity contribution in [1.29, 1.82) is 0 Å². The molecule has 1 aliphatic heterocycles. The third-order valence-electron chi connectivity index (χ3n) is 7.11. The molecule has 1 fully saturated rings. The van der Waals surface area contributed by atoms with Crippen molar-refractivity contribution in [3.63, 3.8) is 0 Å². The van der Waals surface area contributed by atoms with Crippen LogP contribution in [-0.4, -0.2) is 28.8 Å². The van der Waals surface area contributed by atoms with Crippen LogP contribution in [0.2, 0.25) is 0 Å². The van der Waals surface area contributed by atoms with Crippen molar-refractivity contribution in [3.8, 4) is 0 Å². The van der Waals surface area contributed by atoms with E-state index in [1.807, 2.05) is 72.8 Å². The van der Waals surface area contributed by atoms with E-state index in [4.69, 9.17) is 0 Å². The van der Waals surface area contributed by atoms with Crippen LogP contribution < -0.4 is 15.9 Å². The minimum atomic E-state index is -1.19. The number of hydrogen-bond acceptors (Lipinski definition) is 2. The molecular weight excluding hydrogens is 468 g/mol. The van der Waals surface area contributed by atoms with Crippen LogP contribution in [0.15, 0.2) is 121 Å². The van der Waals surface area contributed by atoms with Crippen LogP contribution in [-0.2, 0) is 9.95 Å². The molecule has 0 amide bonds. The maximum Gasteiger partial charge on any atom is 0.325 e. The van der Waals surface area contributed by atoms with E-state index in [2.05, 4.69) is 63.1 Å². The van der Waals surface area contributed by atoms with E-state index < -0.39 is 24.6 Å². The molecule has 2 N–H and O–H groups in total. The number of carboxylic acid groups (broad SMARTS) is 1. The van der Waals surface area contributed by atoms with Gasteiger partial charge in [-0.15, -0.1) is 9.24 Å². The van der Waals surface area contributed by atoms with Crippen molar-refractivity contribution in [3.05, 3.63) is 132 Å². The Labute approximate surface area is 210 Å². The van der Waals surface area contributed by atoms with Crippen LogP contribution in [0.3, 0.4) is 0 Å². The zero-order valence-corrected chi connectivity index (χ0v) is 21.5. The fraction of sp³-hybridized carbons (Fsp3) is 0.167. The molecule has 176 valence electrons. The van der Waals surface area contributed by atoms with Crippen molar-refractivity contribution in [2.75, 3.05) is 6.54 Å². The molecule has 5 heteroatoms. The van der Waals surface area contributed by atoms with Gasteiger partial charge in [0.05, 0.1) is 5.16 Å². The molecule has 4 aromatic carbocycles. The molecule has 1 saturated heterocycles. The van der Waals surface area contributed by atoms with Crippen LogP contribution in [0.5, 0.6) is 0 Å². The average Bonchev–Trinajstić information content (AvgIpc) is 3.37. The molecule has 1 heterocycles. The van der Waals surface area contributed by atoms with Gasteiger partial charge in [0.1, 0.15) is 5.54 Å². The minimum Gasteiger partial charge on any atom is -0.480 e. The summed E-state index contributed by atoms with van der Waals surface area (Å²) in [6.45, 7) is 0.637. The van der Waals surface area contributed by atoms with Crippen molar-refractivity contribution in [2.24, 2.45) is 0 Å². The molecule has 35 heavy (non-hydrogen) atoms. The van der Waals surface area contributed by atoms with Gasteiger partial charge in [0.15, 0.2) is 0 Å². The highest BCUT2D eigenvalue weighted by Crippen LogP contribution is 2.55. The van der Waals surface area contributed by atoms with Crippen LogP contribution in [0.4, 0.5) is 0 Å². The highest BCUT2D eigenvalue weighted by Gasteiger charge is 2.60. The number of carbonyl (C=O) groups is 1. The molecular formula is C30H29NO2P2. The van der Waals surface area contributed by atoms with Gasteiger partial charge in [-0.25, -0.2) is 0 Å². The summed E-state index contributed by atoms with van der Waals surface area (Å²) < 4.78 is 0. The lowest BCUT2D eigenvalue weighted by molar-refractivity contribution is -0.145. The first kappa shape index (κ1) is 23.9. The topological polar surface area (TPSA) is 49.3 Å². The third kappa shape index (κ3) is 4.23. The largest absolute Gasteiger partial charge is 0.480 e. The molecule has 5 rings (SSSR count). The number of hydrogen-bond donors (Lipinski definition) is 2. The first-order valence-electron chi connectivity index (χ1n) is 11.8. The summed E-state index contributed by atoms with van der Waals surface area (Å²) in [6, 6.07) is 41.2. The lowest BCUT2D eigenvalue weighted by Crippen LogP contribution is -2.60. The Hall–Kier alpha value is -2.83. The zero-order chi connectivity index (χ0) is 24.3. The fourth-order valence-corrected chi connectivity index (χ4v) is 9.00. The lowest BCUT2D eigenvalue weighted by atomic mass is 9.72. The molecule has 1 aliphatic rings. The molecule has 0 radical (unpaired) electrons. The zero-order valence-electron chi connectivity index (χ0n) is 19.4. The van der Waals surface area contributed by atoms with Gasteiger partial charge >= 0.3 is 5.97 Å². The van der Waals surface area contributed by atoms with E-state index in [-0.39, 0.29) is 5.66 Å². The summed E-state index contributed by atoms with van der Waals surface area (Å²) in [6.07, 6.45) is 0.519. The highest BCUT2D eigenvalue weighted by molar-refractivity contribution is 7.73. The monoisotopic (exact) mass is 497 g/mol. The number of aliphatic carboxylic acids is 1. The second kappa shape index (κ2) is 10.0. The molecule has 3 nitrogen and oxygen atoms in total. The van der Waals surface area contributed by atoms with Gasteiger partial charge in [0.25, 0.3) is 0 Å². The molecule has 0 saturated carbocycles. The number of carboxylic acids is 1. The summed E-state index contributed by atoms with van der Waals surface area (Å²) in [5.41, 5.74) is 0.916. The van der Waals surface area contributed by atoms with Crippen molar-refractivity contribution in [2.45, 2.75) is 22.8 Å². The van der Waals surface area contributed by atoms with Crippen LogP contribution in [0, 0.1) is 0 Å². The molecule has 3 unspecified atom stereocenters. The van der Waals surface area contributed by atoms with Crippen molar-refractivity contribution < 1.29 is 9.90 Å². The molecule has 0 aliphatic carbocycles. The molecule has 0 spiro atoms. The number of nitrogens with one attached hydrogen (secondary N) is 1. The van der Waals surface area contributed by atoms with Crippen LogP contribution >= 0.6 is 17.2 Å². The van der Waals surface area contributed by atoms with Gasteiger partial charge in [-0.05, 0) is 36.1 Å². The standard InChI is InChI=1S/C30H29NO2P2/c32-28(33)29(30(34,23-13-5-1-6-14-23)24-15-7-2-8-16-24)21-27(22-31-29)35(25-17-9-3-10-18-25)26-19-11-4-12-20-26/h1-20,27,31H,21-22,34H2,(H,32,33). The Balaban J connectivity index is 1.64. The molecule has 0 bridgehead atoms. The average molecular weight is 498 g/mol. The maximum atomic E-state index is 13.3. The van der Waals surface area contributed by atoms with Crippen LogP contribution in [0.1, 0.15) is 17.5 Å². The van der Waals surface area contributed by atoms with Crippen molar-refractivity contribution in [1.82, 2.24) is 5.32 Å². The molecule has 4 aromatic rings. The maximum absolute atomic E-state index is 13.3. The van der Waals surface area contributed by atoms with Gasteiger partial charge < -0.3 is 5.11 Å². The van der Waals surface area contributed by atoms with Gasteiger partial charge in [-0.1, -0.05) is 121 Å². The first-order chi connectivity index (χ1) is 17.1. The third-order valence-corrected chi connectivity index (χ3v) is 11.1. The van der Waals surface area contributed by atoms with E-state index in [0.29, 0.717) is 13.0 Å². The second-order valence-electron chi connectivity index (χ2n) is 9.03. The summed E-state index contributed by atoms with van der Waals surface area (Å²) in [5.74, 6) is -0.821. The van der Waals surface area contributed by atoms with Crippen molar-refractivity contribution >= 4 is 33.7 Å². The van der Waals surface area contributed by atoms with E-state index in [9.17, 15) is 9.90 Å². The Morgan fingerprint density at radius 2 is 1.17 bits per heavy atom. The summed E-state index contributed by atoms with van der Waals surface area (Å²) in [5, 5.41) is 16.2. The quantitative estimate of drug-likeness (QED) is 0.349. The Morgan fingerprint density at radius 1 is 0.771 bits per heavy atom. The highest BCUT2D eigenvalue weighted by atomic mass is 31.1. The number of rotatable bonds is 7. The first-order valence-corrected chi connectivity index (χ1v) is 13.8. The summed E-state index contributed by atoms with van der Waals surface area (Å²) in [7, 11) is 2.20. The lowest BCUT2D eigenvalue weighted by Gasteiger charge is -2.44. The normalized spacial score (nSPS) is 20.1. The van der Waals surface area contributed by atoms with Gasteiger partial charge in [-0.2, -0.15) is 0 Å². The number of benzene rings is 4. The van der Waals surface area contributed by atoms with Gasteiger partial charge in [-0.3, -0.25) is 10.1 Å². The predicted molar refractivity (Wildman–Crippen MR) is 149 cm³/mol. The summed E-state index contributed by atoms with van der Waals surface area (Å²) >= 11 is 0. The summed E-state index contributed by atoms with van der Waals surface area (Å²) in [4.78, 5) is 13.3. The van der Waals surface area contributed by atoms with E-state index in [0.717, 1.165) is 11.1 Å². The second-order valence-corrected chi connectivity index (χ2v) is 12.4. The van der Waals surface area contributed by atoms with Crippen LogP contribution in [0.25, 0.3) is 0 Å². The molecule has 3 atom stereocenters. The van der Waals surface area contributed by atoms with Gasteiger partial charge in [0.2, 0.25) is 0 Å². The van der Waals surface area contributed by atoms with Gasteiger partial charge in [0, 0.05) is 12.2 Å². The predicted octanol–water partition coefficient (Wildman–Crippen LogP) is 5.12. The van der Waals surface area contributed by atoms with E-state index in [1.54, 1.807) is 0 Å². The Morgan fingerprint density at radius 3 is 1.57 bits per heavy atom. The smallest absolute Gasteiger partial charge is 0.325 e. The van der Waals surface area contributed by atoms with E-state index in [1.165, 1.54) is 10.6 Å². The van der Waals surface area contributed by atoms with E-state index >= 15 is 0 Å². The Kier molecular flexibility index (Phi) is 6.85.